The van der Waals surface area contributed by atoms with Crippen LogP contribution in [-0.2, 0) is 6.42 Å². The first-order chi connectivity index (χ1) is 24.3. The fourth-order valence-electron chi connectivity index (χ4n) is 8.36. The number of benzene rings is 5. The minimum atomic E-state index is -0.0386. The Kier molecular flexibility index (Phi) is 5.75. The van der Waals surface area contributed by atoms with E-state index in [1.54, 1.807) is 0 Å². The number of nitrogens with zero attached hydrogens (tertiary/aromatic N) is 3. The molecule has 2 atom stereocenters. The van der Waals surface area contributed by atoms with Crippen molar-refractivity contribution in [2.75, 3.05) is 4.90 Å². The number of anilines is 2. The average Bonchev–Trinajstić information content (AvgIpc) is 3.84. The molecular formula is C44H29N3OS. The molecule has 0 saturated heterocycles. The lowest BCUT2D eigenvalue weighted by Gasteiger charge is -2.28. The van der Waals surface area contributed by atoms with Crippen molar-refractivity contribution in [2.24, 2.45) is 0 Å². The van der Waals surface area contributed by atoms with E-state index in [9.17, 15) is 0 Å². The van der Waals surface area contributed by atoms with Gasteiger partial charge in [-0.2, -0.15) is 0 Å². The predicted molar refractivity (Wildman–Crippen MR) is 202 cm³/mol. The normalized spacial score (nSPS) is 17.6. The smallest absolute Gasteiger partial charge is 0.231 e. The molecule has 0 saturated carbocycles. The summed E-state index contributed by atoms with van der Waals surface area (Å²) in [6.45, 7) is 0. The Morgan fingerprint density at radius 1 is 0.735 bits per heavy atom. The van der Waals surface area contributed by atoms with Crippen LogP contribution < -0.4 is 4.90 Å². The Morgan fingerprint density at radius 2 is 1.53 bits per heavy atom. The van der Waals surface area contributed by atoms with Gasteiger partial charge in [0.05, 0.1) is 23.2 Å². The lowest BCUT2D eigenvalue weighted by molar-refractivity contribution is 0.504. The molecular weight excluding hydrogens is 619 g/mol. The summed E-state index contributed by atoms with van der Waals surface area (Å²) in [5.74, 6) is 1.70. The van der Waals surface area contributed by atoms with Crippen LogP contribution in [0.4, 0.5) is 11.6 Å². The molecule has 11 rings (SSSR count). The first kappa shape index (κ1) is 27.2. The van der Waals surface area contributed by atoms with Gasteiger partial charge in [-0.1, -0.05) is 109 Å². The molecule has 3 aromatic heterocycles. The van der Waals surface area contributed by atoms with Crippen LogP contribution in [0, 0.1) is 0 Å². The second kappa shape index (κ2) is 10.4. The molecule has 0 fully saturated rings. The summed E-state index contributed by atoms with van der Waals surface area (Å²) in [6.07, 6.45) is 9.15. The van der Waals surface area contributed by atoms with Crippen molar-refractivity contribution >= 4 is 66.6 Å². The highest BCUT2D eigenvalue weighted by Gasteiger charge is 2.45. The molecule has 232 valence electrons. The number of allylic oxidation sites excluding steroid dienone is 1. The Balaban J connectivity index is 1.13. The molecule has 0 spiro atoms. The van der Waals surface area contributed by atoms with E-state index < -0.39 is 0 Å². The molecule has 0 amide bonds. The van der Waals surface area contributed by atoms with Crippen LogP contribution >= 0.6 is 11.3 Å². The van der Waals surface area contributed by atoms with Gasteiger partial charge in [0.15, 0.2) is 0 Å². The molecule has 1 aliphatic heterocycles. The van der Waals surface area contributed by atoms with E-state index in [4.69, 9.17) is 14.4 Å². The van der Waals surface area contributed by atoms with Gasteiger partial charge in [-0.05, 0) is 70.8 Å². The van der Waals surface area contributed by atoms with Crippen molar-refractivity contribution < 1.29 is 4.42 Å². The van der Waals surface area contributed by atoms with Gasteiger partial charge in [0.1, 0.15) is 11.3 Å². The Morgan fingerprint density at radius 3 is 2.45 bits per heavy atom. The quantitative estimate of drug-likeness (QED) is 0.191. The summed E-state index contributed by atoms with van der Waals surface area (Å²) < 4.78 is 8.12. The highest BCUT2D eigenvalue weighted by atomic mass is 32.1. The van der Waals surface area contributed by atoms with Crippen molar-refractivity contribution in [1.29, 1.82) is 0 Å². The summed E-state index contributed by atoms with van der Waals surface area (Å²) >= 11 is 1.92. The van der Waals surface area contributed by atoms with Gasteiger partial charge in [0.25, 0.3) is 0 Å². The zero-order valence-corrected chi connectivity index (χ0v) is 27.3. The number of rotatable bonds is 3. The zero-order chi connectivity index (χ0) is 32.1. The van der Waals surface area contributed by atoms with E-state index in [0.29, 0.717) is 5.95 Å². The molecule has 0 radical (unpaired) electrons. The third kappa shape index (κ3) is 3.97. The van der Waals surface area contributed by atoms with Gasteiger partial charge in [-0.25, -0.2) is 9.97 Å². The summed E-state index contributed by atoms with van der Waals surface area (Å²) in [4.78, 5) is 14.3. The highest BCUT2D eigenvalue weighted by molar-refractivity contribution is 7.20. The van der Waals surface area contributed by atoms with E-state index in [-0.39, 0.29) is 12.0 Å². The molecule has 3 aliphatic rings. The molecule has 5 heteroatoms. The molecule has 49 heavy (non-hydrogen) atoms. The number of thiophene rings is 1. The monoisotopic (exact) mass is 647 g/mol. The molecule has 0 bridgehead atoms. The number of hydrogen-bond donors (Lipinski definition) is 0. The first-order valence-corrected chi connectivity index (χ1v) is 17.8. The fraction of sp³-hybridized carbons (Fsp3) is 0.0909. The third-order valence-corrected chi connectivity index (χ3v) is 11.8. The minimum absolute atomic E-state index is 0.0105. The molecule has 4 nitrogen and oxygen atoms in total. The van der Waals surface area contributed by atoms with E-state index in [1.807, 2.05) is 17.4 Å². The second-order valence-electron chi connectivity index (χ2n) is 13.2. The van der Waals surface area contributed by atoms with Crippen LogP contribution in [0.2, 0.25) is 0 Å². The maximum absolute atomic E-state index is 6.76. The number of aromatic nitrogens is 2. The highest BCUT2D eigenvalue weighted by Crippen LogP contribution is 2.54. The number of hydrogen-bond acceptors (Lipinski definition) is 5. The van der Waals surface area contributed by atoms with Gasteiger partial charge in [-0.3, -0.25) is 0 Å². The average molecular weight is 648 g/mol. The lowest BCUT2D eigenvalue weighted by atomic mass is 9.84. The van der Waals surface area contributed by atoms with Gasteiger partial charge in [0, 0.05) is 37.2 Å². The SMILES string of the molecule is C1=CC2C(c3cc(C4=CCCc5c4sc4ccccc54)ccc3N2c2nc(-c3ccccc3)c3ccccc3n2)c2oc3ccccc3c21. The summed E-state index contributed by atoms with van der Waals surface area (Å²) in [7, 11) is 0. The molecule has 2 aliphatic carbocycles. The molecule has 2 unspecified atom stereocenters. The van der Waals surface area contributed by atoms with Gasteiger partial charge < -0.3 is 9.32 Å². The Bertz CT molecular complexity index is 2700. The second-order valence-corrected chi connectivity index (χ2v) is 14.2. The van der Waals surface area contributed by atoms with Crippen LogP contribution in [0.1, 0.15) is 45.2 Å². The van der Waals surface area contributed by atoms with Crippen molar-refractivity contribution in [1.82, 2.24) is 9.97 Å². The number of furan rings is 1. The maximum atomic E-state index is 6.76. The molecule has 5 aromatic carbocycles. The van der Waals surface area contributed by atoms with Crippen LogP contribution in [0.25, 0.3) is 54.9 Å². The van der Waals surface area contributed by atoms with E-state index in [2.05, 4.69) is 138 Å². The topological polar surface area (TPSA) is 42.2 Å². The molecule has 0 N–H and O–H groups in total. The van der Waals surface area contributed by atoms with Gasteiger partial charge in [-0.15, -0.1) is 11.3 Å². The number of para-hydroxylation sites is 2. The number of fused-ring (bicyclic) bond motifs is 11. The van der Waals surface area contributed by atoms with E-state index in [1.165, 1.54) is 42.8 Å². The Labute approximate surface area is 287 Å². The van der Waals surface area contributed by atoms with Crippen molar-refractivity contribution in [3.63, 3.8) is 0 Å². The summed E-state index contributed by atoms with van der Waals surface area (Å²) in [5, 5.41) is 3.60. The third-order valence-electron chi connectivity index (χ3n) is 10.5. The lowest BCUT2D eigenvalue weighted by Crippen LogP contribution is -2.31. The van der Waals surface area contributed by atoms with Crippen molar-refractivity contribution in [3.05, 3.63) is 166 Å². The summed E-state index contributed by atoms with van der Waals surface area (Å²) in [6, 6.07) is 43.0. The summed E-state index contributed by atoms with van der Waals surface area (Å²) in [5.41, 5.74) is 11.5. The fourth-order valence-corrected chi connectivity index (χ4v) is 9.67. The van der Waals surface area contributed by atoms with Gasteiger partial charge in [0.2, 0.25) is 5.95 Å². The van der Waals surface area contributed by atoms with E-state index in [0.717, 1.165) is 57.4 Å². The van der Waals surface area contributed by atoms with Crippen molar-refractivity contribution in [3.8, 4) is 11.3 Å². The molecule has 8 aromatic rings. The van der Waals surface area contributed by atoms with E-state index >= 15 is 0 Å². The minimum Gasteiger partial charge on any atom is -0.460 e. The van der Waals surface area contributed by atoms with Crippen LogP contribution in [-0.4, -0.2) is 16.0 Å². The van der Waals surface area contributed by atoms with Crippen molar-refractivity contribution in [2.45, 2.75) is 24.8 Å². The largest absolute Gasteiger partial charge is 0.460 e. The molecule has 4 heterocycles. The predicted octanol–water partition coefficient (Wildman–Crippen LogP) is 11.3. The standard InChI is InChI=1S/C44H29N3OS/c1-2-11-26(12-3-1)41-33-15-4-7-18-35(33)45-44(46-41)47-36-23-21-27(28-16-10-17-32-30-14-6-9-20-39(30)49-43(28)32)25-34(36)40-37(47)24-22-31-29-13-5-8-19-38(29)48-42(31)40/h1-9,11-16,18-25,37,40H,10,17H2. The maximum Gasteiger partial charge on any atom is 0.231 e. The van der Waals surface area contributed by atoms with Gasteiger partial charge >= 0.3 is 0 Å². The Hall–Kier alpha value is -5.78. The van der Waals surface area contributed by atoms with Crippen LogP contribution in [0.15, 0.2) is 138 Å². The van der Waals surface area contributed by atoms with Crippen LogP contribution in [0.3, 0.4) is 0 Å². The number of aryl methyl sites for hydroxylation is 1. The first-order valence-electron chi connectivity index (χ1n) is 17.0. The van der Waals surface area contributed by atoms with Crippen LogP contribution in [0.5, 0.6) is 0 Å². The zero-order valence-electron chi connectivity index (χ0n) is 26.5.